The second-order valence-corrected chi connectivity index (χ2v) is 8.33. The molecule has 0 fully saturated rings. The number of H-pyrrole nitrogens is 1. The number of carbonyl (C=O) groups excluding carboxylic acids is 1. The van der Waals surface area contributed by atoms with Crippen molar-refractivity contribution in [3.8, 4) is 45.0 Å². The molecule has 0 aliphatic heterocycles. The van der Waals surface area contributed by atoms with E-state index in [1.807, 2.05) is 66.7 Å². The quantitative estimate of drug-likeness (QED) is 0.237. The minimum atomic E-state index is -0.277. The SMILES string of the molecule is CCOC(=O)CNc1cccc(-c2ccccc2-c2nc(-c3ccccc3)c(-c3ccccc3)[nH]2)c1. The maximum Gasteiger partial charge on any atom is 0.325 e. The highest BCUT2D eigenvalue weighted by atomic mass is 16.5. The number of ether oxygens (including phenoxy) is 1. The summed E-state index contributed by atoms with van der Waals surface area (Å²) in [5.41, 5.74) is 7.96. The molecule has 178 valence electrons. The smallest absolute Gasteiger partial charge is 0.325 e. The van der Waals surface area contributed by atoms with Gasteiger partial charge in [-0.3, -0.25) is 4.79 Å². The van der Waals surface area contributed by atoms with Crippen LogP contribution in [0.4, 0.5) is 5.69 Å². The van der Waals surface area contributed by atoms with Crippen LogP contribution in [-0.2, 0) is 9.53 Å². The molecule has 0 aliphatic rings. The average Bonchev–Trinajstić information content (AvgIpc) is 3.39. The van der Waals surface area contributed by atoms with E-state index < -0.39 is 0 Å². The highest BCUT2D eigenvalue weighted by Gasteiger charge is 2.17. The normalized spacial score (nSPS) is 10.7. The van der Waals surface area contributed by atoms with Crippen molar-refractivity contribution >= 4 is 11.7 Å². The summed E-state index contributed by atoms with van der Waals surface area (Å²) in [6.45, 7) is 2.29. The van der Waals surface area contributed by atoms with Gasteiger partial charge in [-0.2, -0.15) is 0 Å². The van der Waals surface area contributed by atoms with Crippen LogP contribution in [-0.4, -0.2) is 29.1 Å². The fraction of sp³-hybridized carbons (Fsp3) is 0.0968. The summed E-state index contributed by atoms with van der Waals surface area (Å²) in [5, 5.41) is 3.16. The minimum Gasteiger partial charge on any atom is -0.465 e. The van der Waals surface area contributed by atoms with E-state index in [9.17, 15) is 4.79 Å². The van der Waals surface area contributed by atoms with Gasteiger partial charge >= 0.3 is 5.97 Å². The van der Waals surface area contributed by atoms with Crippen LogP contribution in [0, 0.1) is 0 Å². The summed E-state index contributed by atoms with van der Waals surface area (Å²) in [6, 6.07) is 36.7. The number of benzene rings is 4. The summed E-state index contributed by atoms with van der Waals surface area (Å²) in [7, 11) is 0. The zero-order valence-corrected chi connectivity index (χ0v) is 20.1. The van der Waals surface area contributed by atoms with E-state index in [2.05, 4.69) is 52.8 Å². The van der Waals surface area contributed by atoms with Gasteiger partial charge in [0.15, 0.2) is 0 Å². The number of anilines is 1. The Morgan fingerprint density at radius 1 is 0.778 bits per heavy atom. The fourth-order valence-corrected chi connectivity index (χ4v) is 4.24. The molecule has 0 saturated heterocycles. The van der Waals surface area contributed by atoms with Gasteiger partial charge in [-0.1, -0.05) is 97.1 Å². The molecule has 0 unspecified atom stereocenters. The van der Waals surface area contributed by atoms with E-state index in [1.54, 1.807) is 6.92 Å². The first kappa shape index (κ1) is 23.1. The topological polar surface area (TPSA) is 67.0 Å². The van der Waals surface area contributed by atoms with Crippen molar-refractivity contribution in [1.82, 2.24) is 9.97 Å². The van der Waals surface area contributed by atoms with Crippen LogP contribution in [0.15, 0.2) is 109 Å². The van der Waals surface area contributed by atoms with Gasteiger partial charge in [0.25, 0.3) is 0 Å². The molecule has 5 nitrogen and oxygen atoms in total. The second kappa shape index (κ2) is 10.7. The minimum absolute atomic E-state index is 0.123. The molecule has 36 heavy (non-hydrogen) atoms. The van der Waals surface area contributed by atoms with Crippen LogP contribution in [0.2, 0.25) is 0 Å². The van der Waals surface area contributed by atoms with Crippen LogP contribution in [0.25, 0.3) is 45.0 Å². The highest BCUT2D eigenvalue weighted by molar-refractivity contribution is 5.87. The third-order valence-corrected chi connectivity index (χ3v) is 5.91. The molecule has 0 atom stereocenters. The van der Waals surface area contributed by atoms with Crippen molar-refractivity contribution in [3.63, 3.8) is 0 Å². The standard InChI is InChI=1S/C31H27N3O2/c1-2-36-28(35)21-32-25-17-11-16-24(20-25)26-18-9-10-19-27(26)31-33-29(22-12-5-3-6-13-22)30(34-31)23-14-7-4-8-15-23/h3-20,32H,2,21H2,1H3,(H,33,34). The summed E-state index contributed by atoms with van der Waals surface area (Å²) >= 11 is 0. The van der Waals surface area contributed by atoms with E-state index >= 15 is 0 Å². The number of esters is 1. The number of nitrogens with one attached hydrogen (secondary N) is 2. The van der Waals surface area contributed by atoms with E-state index in [0.29, 0.717) is 6.61 Å². The number of hydrogen-bond donors (Lipinski definition) is 2. The Labute approximate surface area is 210 Å². The Morgan fingerprint density at radius 3 is 2.14 bits per heavy atom. The lowest BCUT2D eigenvalue weighted by Gasteiger charge is -2.11. The first-order chi connectivity index (χ1) is 17.7. The van der Waals surface area contributed by atoms with E-state index in [0.717, 1.165) is 50.7 Å². The van der Waals surface area contributed by atoms with Crippen molar-refractivity contribution < 1.29 is 9.53 Å². The summed E-state index contributed by atoms with van der Waals surface area (Å²) in [4.78, 5) is 20.5. The molecule has 0 spiro atoms. The second-order valence-electron chi connectivity index (χ2n) is 8.33. The zero-order chi connectivity index (χ0) is 24.7. The molecule has 5 heteroatoms. The zero-order valence-electron chi connectivity index (χ0n) is 20.1. The lowest BCUT2D eigenvalue weighted by Crippen LogP contribution is -2.16. The number of imidazole rings is 1. The predicted octanol–water partition coefficient (Wildman–Crippen LogP) is 7.05. The predicted molar refractivity (Wildman–Crippen MR) is 145 cm³/mol. The van der Waals surface area contributed by atoms with Crippen molar-refractivity contribution in [2.24, 2.45) is 0 Å². The lowest BCUT2D eigenvalue weighted by molar-refractivity contribution is -0.140. The molecule has 5 rings (SSSR count). The Bertz CT molecular complexity index is 1400. The molecule has 5 aromatic rings. The Hall–Kier alpha value is -4.64. The van der Waals surface area contributed by atoms with E-state index in [4.69, 9.17) is 9.72 Å². The van der Waals surface area contributed by atoms with Gasteiger partial charge in [-0.15, -0.1) is 0 Å². The summed E-state index contributed by atoms with van der Waals surface area (Å²) in [6.07, 6.45) is 0. The molecule has 0 bridgehead atoms. The number of aromatic nitrogens is 2. The molecule has 2 N–H and O–H groups in total. The number of aromatic amines is 1. The molecule has 0 amide bonds. The van der Waals surface area contributed by atoms with Crippen LogP contribution in [0.5, 0.6) is 0 Å². The molecule has 4 aromatic carbocycles. The van der Waals surface area contributed by atoms with Gasteiger partial charge in [0.05, 0.1) is 18.0 Å². The van der Waals surface area contributed by atoms with Gasteiger partial charge < -0.3 is 15.0 Å². The maximum absolute atomic E-state index is 11.8. The van der Waals surface area contributed by atoms with Gasteiger partial charge in [0.2, 0.25) is 0 Å². The molecule has 0 radical (unpaired) electrons. The third kappa shape index (κ3) is 5.05. The largest absolute Gasteiger partial charge is 0.465 e. The average molecular weight is 474 g/mol. The third-order valence-electron chi connectivity index (χ3n) is 5.91. The van der Waals surface area contributed by atoms with Crippen molar-refractivity contribution in [1.29, 1.82) is 0 Å². The summed E-state index contributed by atoms with van der Waals surface area (Å²) in [5.74, 6) is 0.522. The highest BCUT2D eigenvalue weighted by Crippen LogP contribution is 2.37. The first-order valence-electron chi connectivity index (χ1n) is 12.0. The van der Waals surface area contributed by atoms with Crippen molar-refractivity contribution in [2.45, 2.75) is 6.92 Å². The van der Waals surface area contributed by atoms with Crippen LogP contribution in [0.3, 0.4) is 0 Å². The Morgan fingerprint density at radius 2 is 1.42 bits per heavy atom. The maximum atomic E-state index is 11.8. The molecular formula is C31H27N3O2. The van der Waals surface area contributed by atoms with E-state index in [-0.39, 0.29) is 12.5 Å². The fourth-order valence-electron chi connectivity index (χ4n) is 4.24. The van der Waals surface area contributed by atoms with Crippen LogP contribution < -0.4 is 5.32 Å². The first-order valence-corrected chi connectivity index (χ1v) is 12.0. The van der Waals surface area contributed by atoms with Crippen LogP contribution >= 0.6 is 0 Å². The molecular weight excluding hydrogens is 446 g/mol. The summed E-state index contributed by atoms with van der Waals surface area (Å²) < 4.78 is 5.03. The molecule has 1 aromatic heterocycles. The number of rotatable bonds is 8. The molecule has 1 heterocycles. The van der Waals surface area contributed by atoms with Gasteiger partial charge in [-0.05, 0) is 30.2 Å². The molecule has 0 aliphatic carbocycles. The van der Waals surface area contributed by atoms with Crippen molar-refractivity contribution in [3.05, 3.63) is 109 Å². The van der Waals surface area contributed by atoms with E-state index in [1.165, 1.54) is 0 Å². The Balaban J connectivity index is 1.55. The molecule has 0 saturated carbocycles. The number of carbonyl (C=O) groups is 1. The number of hydrogen-bond acceptors (Lipinski definition) is 4. The monoisotopic (exact) mass is 473 g/mol. The van der Waals surface area contributed by atoms with Gasteiger partial charge in [-0.25, -0.2) is 4.98 Å². The lowest BCUT2D eigenvalue weighted by atomic mass is 9.99. The van der Waals surface area contributed by atoms with Crippen molar-refractivity contribution in [2.75, 3.05) is 18.5 Å². The van der Waals surface area contributed by atoms with Crippen LogP contribution in [0.1, 0.15) is 6.92 Å². The number of nitrogens with zero attached hydrogens (tertiary/aromatic N) is 1. The van der Waals surface area contributed by atoms with Gasteiger partial charge in [0.1, 0.15) is 12.4 Å². The Kier molecular flexibility index (Phi) is 6.90. The van der Waals surface area contributed by atoms with Gasteiger partial charge in [0, 0.05) is 22.4 Å².